The minimum absolute atomic E-state index is 0.0280. The predicted molar refractivity (Wildman–Crippen MR) is 91.6 cm³/mol. The van der Waals surface area contributed by atoms with E-state index in [2.05, 4.69) is 23.7 Å². The third-order valence-electron chi connectivity index (χ3n) is 3.64. The van der Waals surface area contributed by atoms with Crippen LogP contribution in [-0.2, 0) is 0 Å². The summed E-state index contributed by atoms with van der Waals surface area (Å²) < 4.78 is 0. The van der Waals surface area contributed by atoms with Crippen LogP contribution in [0.15, 0.2) is 42.6 Å². The Morgan fingerprint density at radius 3 is 2.23 bits per heavy atom. The van der Waals surface area contributed by atoms with Gasteiger partial charge in [-0.15, -0.1) is 0 Å². The summed E-state index contributed by atoms with van der Waals surface area (Å²) in [5.41, 5.74) is 2.42. The van der Waals surface area contributed by atoms with E-state index in [-0.39, 0.29) is 5.78 Å². The molecule has 22 heavy (non-hydrogen) atoms. The van der Waals surface area contributed by atoms with Crippen LogP contribution in [0.2, 0.25) is 0 Å². The van der Waals surface area contributed by atoms with Crippen molar-refractivity contribution in [2.45, 2.75) is 33.6 Å². The van der Waals surface area contributed by atoms with Gasteiger partial charge in [-0.3, -0.25) is 4.79 Å². The number of anilines is 1. The number of pyridine rings is 1. The third kappa shape index (κ3) is 3.73. The number of rotatable bonds is 7. The number of aryl methyl sites for hydroxylation is 1. The maximum atomic E-state index is 12.5. The Kier molecular flexibility index (Phi) is 5.70. The van der Waals surface area contributed by atoms with Gasteiger partial charge < -0.3 is 4.90 Å². The van der Waals surface area contributed by atoms with Gasteiger partial charge in [0, 0.05) is 30.4 Å². The Labute approximate surface area is 133 Å². The van der Waals surface area contributed by atoms with Gasteiger partial charge in [0.05, 0.1) is 0 Å². The lowest BCUT2D eigenvalue weighted by molar-refractivity contribution is 0.103. The van der Waals surface area contributed by atoms with E-state index < -0.39 is 0 Å². The molecule has 2 rings (SSSR count). The number of nitrogens with zero attached hydrogens (tertiary/aromatic N) is 2. The molecule has 116 valence electrons. The lowest BCUT2D eigenvalue weighted by Crippen LogP contribution is -2.26. The van der Waals surface area contributed by atoms with Crippen LogP contribution in [0.5, 0.6) is 0 Å². The van der Waals surface area contributed by atoms with E-state index in [1.54, 1.807) is 6.20 Å². The maximum Gasteiger partial charge on any atom is 0.194 e. The van der Waals surface area contributed by atoms with Crippen LogP contribution >= 0.6 is 0 Å². The molecule has 3 heteroatoms. The molecule has 0 radical (unpaired) electrons. The van der Waals surface area contributed by atoms with Crippen molar-refractivity contribution in [2.75, 3.05) is 18.0 Å². The lowest BCUT2D eigenvalue weighted by atomic mass is 10.0. The Hall–Kier alpha value is -2.16. The van der Waals surface area contributed by atoms with Crippen molar-refractivity contribution in [3.63, 3.8) is 0 Å². The van der Waals surface area contributed by atoms with E-state index >= 15 is 0 Å². The fourth-order valence-electron chi connectivity index (χ4n) is 2.64. The minimum atomic E-state index is 0.0280. The second kappa shape index (κ2) is 7.74. The summed E-state index contributed by atoms with van der Waals surface area (Å²) >= 11 is 0. The fraction of sp³-hybridized carbons (Fsp3) is 0.368. The highest BCUT2D eigenvalue weighted by atomic mass is 16.1. The predicted octanol–water partition coefficient (Wildman–Crippen LogP) is 4.25. The van der Waals surface area contributed by atoms with Gasteiger partial charge in [-0.05, 0) is 31.4 Å². The summed E-state index contributed by atoms with van der Waals surface area (Å²) in [6.45, 7) is 8.36. The molecule has 0 aliphatic rings. The first-order valence-corrected chi connectivity index (χ1v) is 7.98. The van der Waals surface area contributed by atoms with Crippen molar-refractivity contribution in [3.8, 4) is 0 Å². The highest BCUT2D eigenvalue weighted by Gasteiger charge is 2.14. The first kappa shape index (κ1) is 16.2. The molecular weight excluding hydrogens is 272 g/mol. The molecule has 0 fully saturated rings. The molecule has 1 heterocycles. The Bertz CT molecular complexity index is 617. The van der Waals surface area contributed by atoms with E-state index in [0.717, 1.165) is 37.3 Å². The number of hydrogen-bond acceptors (Lipinski definition) is 3. The summed E-state index contributed by atoms with van der Waals surface area (Å²) in [5.74, 6) is 1.02. The summed E-state index contributed by atoms with van der Waals surface area (Å²) in [6, 6.07) is 11.3. The molecule has 2 aromatic rings. The fourth-order valence-corrected chi connectivity index (χ4v) is 2.64. The molecule has 0 aliphatic carbocycles. The van der Waals surface area contributed by atoms with E-state index in [9.17, 15) is 4.79 Å². The van der Waals surface area contributed by atoms with Crippen LogP contribution in [-0.4, -0.2) is 23.9 Å². The summed E-state index contributed by atoms with van der Waals surface area (Å²) in [7, 11) is 0. The van der Waals surface area contributed by atoms with Crippen molar-refractivity contribution in [2.24, 2.45) is 0 Å². The zero-order valence-corrected chi connectivity index (χ0v) is 13.7. The van der Waals surface area contributed by atoms with Gasteiger partial charge in [-0.2, -0.15) is 0 Å². The number of carbonyl (C=O) groups is 1. The highest BCUT2D eigenvalue weighted by Crippen LogP contribution is 2.20. The lowest BCUT2D eigenvalue weighted by Gasteiger charge is -2.24. The van der Waals surface area contributed by atoms with Crippen LogP contribution in [0, 0.1) is 6.92 Å². The van der Waals surface area contributed by atoms with Crippen molar-refractivity contribution in [1.29, 1.82) is 0 Å². The molecule has 3 nitrogen and oxygen atoms in total. The van der Waals surface area contributed by atoms with Crippen LogP contribution in [0.25, 0.3) is 0 Å². The molecule has 0 atom stereocenters. The van der Waals surface area contributed by atoms with Crippen molar-refractivity contribution >= 4 is 11.6 Å². The average Bonchev–Trinajstić information content (AvgIpc) is 2.55. The van der Waals surface area contributed by atoms with Gasteiger partial charge in [0.1, 0.15) is 5.82 Å². The molecule has 0 spiro atoms. The smallest absolute Gasteiger partial charge is 0.194 e. The van der Waals surface area contributed by atoms with Crippen LogP contribution in [0.1, 0.15) is 48.2 Å². The quantitative estimate of drug-likeness (QED) is 0.716. The van der Waals surface area contributed by atoms with E-state index in [0.29, 0.717) is 11.1 Å². The van der Waals surface area contributed by atoms with Crippen molar-refractivity contribution < 1.29 is 4.79 Å². The number of benzene rings is 1. The Morgan fingerprint density at radius 2 is 1.68 bits per heavy atom. The first-order chi connectivity index (χ1) is 10.7. The molecule has 0 bridgehead atoms. The SMILES string of the molecule is CCCN(CCC)c1ncc(C(=O)c2ccccc2)cc1C. The molecule has 0 saturated heterocycles. The number of ketones is 1. The van der Waals surface area contributed by atoms with Gasteiger partial charge >= 0.3 is 0 Å². The highest BCUT2D eigenvalue weighted by molar-refractivity contribution is 6.09. The number of carbonyl (C=O) groups excluding carboxylic acids is 1. The van der Waals surface area contributed by atoms with E-state index in [1.807, 2.05) is 43.3 Å². The number of aromatic nitrogens is 1. The van der Waals surface area contributed by atoms with E-state index in [1.165, 1.54) is 0 Å². The van der Waals surface area contributed by atoms with E-state index in [4.69, 9.17) is 0 Å². The van der Waals surface area contributed by atoms with Crippen LogP contribution in [0.4, 0.5) is 5.82 Å². The van der Waals surface area contributed by atoms with Crippen LogP contribution < -0.4 is 4.90 Å². The normalized spacial score (nSPS) is 10.5. The summed E-state index contributed by atoms with van der Waals surface area (Å²) in [4.78, 5) is 19.3. The second-order valence-electron chi connectivity index (χ2n) is 5.55. The maximum absolute atomic E-state index is 12.5. The van der Waals surface area contributed by atoms with Crippen molar-refractivity contribution in [1.82, 2.24) is 4.98 Å². The van der Waals surface area contributed by atoms with Gasteiger partial charge in [-0.25, -0.2) is 4.98 Å². The van der Waals surface area contributed by atoms with Gasteiger partial charge in [-0.1, -0.05) is 44.2 Å². The van der Waals surface area contributed by atoms with Crippen LogP contribution in [0.3, 0.4) is 0 Å². The molecular formula is C19H24N2O. The second-order valence-corrected chi connectivity index (χ2v) is 5.55. The monoisotopic (exact) mass is 296 g/mol. The molecule has 1 aromatic heterocycles. The standard InChI is InChI=1S/C19H24N2O/c1-4-11-21(12-5-2)19-15(3)13-17(14-20-19)18(22)16-9-7-6-8-10-16/h6-10,13-14H,4-5,11-12H2,1-3H3. The van der Waals surface area contributed by atoms with Gasteiger partial charge in [0.15, 0.2) is 5.78 Å². The summed E-state index contributed by atoms with van der Waals surface area (Å²) in [5, 5.41) is 0. The molecule has 0 aliphatic heterocycles. The topological polar surface area (TPSA) is 33.2 Å². The van der Waals surface area contributed by atoms with Crippen molar-refractivity contribution in [3.05, 3.63) is 59.3 Å². The molecule has 0 unspecified atom stereocenters. The first-order valence-electron chi connectivity index (χ1n) is 7.98. The average molecular weight is 296 g/mol. The minimum Gasteiger partial charge on any atom is -0.356 e. The molecule has 0 saturated carbocycles. The number of hydrogen-bond donors (Lipinski definition) is 0. The molecule has 0 amide bonds. The molecule has 0 N–H and O–H groups in total. The Morgan fingerprint density at radius 1 is 1.05 bits per heavy atom. The zero-order valence-electron chi connectivity index (χ0n) is 13.7. The van der Waals surface area contributed by atoms with Gasteiger partial charge in [0.2, 0.25) is 0 Å². The Balaban J connectivity index is 2.27. The largest absolute Gasteiger partial charge is 0.356 e. The van der Waals surface area contributed by atoms with Gasteiger partial charge in [0.25, 0.3) is 0 Å². The molecule has 1 aromatic carbocycles. The zero-order chi connectivity index (χ0) is 15.9. The third-order valence-corrected chi connectivity index (χ3v) is 3.64. The summed E-state index contributed by atoms with van der Waals surface area (Å²) in [6.07, 6.45) is 3.88.